The van der Waals surface area contributed by atoms with Gasteiger partial charge in [-0.2, -0.15) is 0 Å². The Kier molecular flexibility index (Phi) is 4.74. The van der Waals surface area contributed by atoms with Crippen LogP contribution in [0.4, 0.5) is 0 Å². The molecule has 0 aliphatic heterocycles. The first kappa shape index (κ1) is 14.5. The molecule has 0 fully saturated rings. The molecule has 0 aliphatic rings. The summed E-state index contributed by atoms with van der Waals surface area (Å²) in [6.45, 7) is 7.09. The molecule has 0 amide bonds. The highest BCUT2D eigenvalue weighted by Gasteiger charge is 2.17. The lowest BCUT2D eigenvalue weighted by molar-refractivity contribution is 0.404. The van der Waals surface area contributed by atoms with Crippen LogP contribution in [0.3, 0.4) is 0 Å². The lowest BCUT2D eigenvalue weighted by Gasteiger charge is -2.21. The fraction of sp³-hybridized carbons (Fsp3) is 0.353. The third kappa shape index (κ3) is 3.17. The molecular formula is C17H22N2O. The van der Waals surface area contributed by atoms with Crippen molar-refractivity contribution in [2.75, 3.05) is 13.7 Å². The Hall–Kier alpha value is -1.87. The van der Waals surface area contributed by atoms with E-state index in [0.717, 1.165) is 29.1 Å². The van der Waals surface area contributed by atoms with Crippen molar-refractivity contribution in [3.63, 3.8) is 0 Å². The fourth-order valence-electron chi connectivity index (χ4n) is 2.34. The fourth-order valence-corrected chi connectivity index (χ4v) is 2.34. The highest BCUT2D eigenvalue weighted by molar-refractivity contribution is 5.43. The van der Waals surface area contributed by atoms with Crippen LogP contribution < -0.4 is 10.1 Å². The monoisotopic (exact) mass is 270 g/mol. The molecule has 3 heteroatoms. The van der Waals surface area contributed by atoms with Crippen molar-refractivity contribution in [3.8, 4) is 5.75 Å². The first-order valence-corrected chi connectivity index (χ1v) is 6.96. The van der Waals surface area contributed by atoms with Crippen LogP contribution in [-0.4, -0.2) is 18.6 Å². The number of ether oxygens (including phenoxy) is 1. The minimum atomic E-state index is 0.1000. The van der Waals surface area contributed by atoms with Gasteiger partial charge in [0, 0.05) is 17.5 Å². The van der Waals surface area contributed by atoms with Crippen LogP contribution in [0.2, 0.25) is 0 Å². The van der Waals surface area contributed by atoms with Gasteiger partial charge in [-0.1, -0.05) is 30.7 Å². The molecule has 1 unspecified atom stereocenters. The lowest BCUT2D eigenvalue weighted by atomic mass is 9.97. The first-order valence-electron chi connectivity index (χ1n) is 6.96. The van der Waals surface area contributed by atoms with Crippen LogP contribution in [-0.2, 0) is 0 Å². The van der Waals surface area contributed by atoms with Crippen LogP contribution in [0.25, 0.3) is 0 Å². The summed E-state index contributed by atoms with van der Waals surface area (Å²) in [7, 11) is 1.71. The van der Waals surface area contributed by atoms with Gasteiger partial charge in [-0.25, -0.2) is 0 Å². The van der Waals surface area contributed by atoms with E-state index in [1.165, 1.54) is 5.56 Å². The summed E-state index contributed by atoms with van der Waals surface area (Å²) < 4.78 is 5.51. The van der Waals surface area contributed by atoms with Crippen molar-refractivity contribution in [2.24, 2.45) is 0 Å². The Labute approximate surface area is 121 Å². The van der Waals surface area contributed by atoms with Crippen molar-refractivity contribution < 1.29 is 4.74 Å². The molecule has 20 heavy (non-hydrogen) atoms. The SMILES string of the molecule is CCNC(c1ccc(C)nc1)c1cc(C)ccc1OC. The van der Waals surface area contributed by atoms with Gasteiger partial charge in [0.15, 0.2) is 0 Å². The third-order valence-electron chi connectivity index (χ3n) is 3.37. The second kappa shape index (κ2) is 6.53. The van der Waals surface area contributed by atoms with Gasteiger partial charge in [0.05, 0.1) is 13.2 Å². The highest BCUT2D eigenvalue weighted by atomic mass is 16.5. The number of nitrogens with one attached hydrogen (secondary N) is 1. The van der Waals surface area contributed by atoms with Crippen LogP contribution >= 0.6 is 0 Å². The lowest BCUT2D eigenvalue weighted by Crippen LogP contribution is -2.22. The maximum absolute atomic E-state index is 5.51. The van der Waals surface area contributed by atoms with E-state index in [2.05, 4.69) is 42.3 Å². The number of hydrogen-bond acceptors (Lipinski definition) is 3. The summed E-state index contributed by atoms with van der Waals surface area (Å²) in [5.41, 5.74) is 4.56. The normalized spacial score (nSPS) is 12.2. The summed E-state index contributed by atoms with van der Waals surface area (Å²) in [5.74, 6) is 0.905. The van der Waals surface area contributed by atoms with Gasteiger partial charge in [0.25, 0.3) is 0 Å². The van der Waals surface area contributed by atoms with Crippen LogP contribution in [0.5, 0.6) is 5.75 Å². The van der Waals surface area contributed by atoms with Crippen molar-refractivity contribution >= 4 is 0 Å². The molecule has 0 saturated carbocycles. The van der Waals surface area contributed by atoms with Gasteiger partial charge >= 0.3 is 0 Å². The molecule has 1 atom stereocenters. The largest absolute Gasteiger partial charge is 0.496 e. The molecule has 0 bridgehead atoms. The molecule has 2 aromatic rings. The van der Waals surface area contributed by atoms with E-state index in [9.17, 15) is 0 Å². The van der Waals surface area contributed by atoms with Gasteiger partial charge in [0.2, 0.25) is 0 Å². The average molecular weight is 270 g/mol. The highest BCUT2D eigenvalue weighted by Crippen LogP contribution is 2.30. The maximum atomic E-state index is 5.51. The molecular weight excluding hydrogens is 248 g/mol. The topological polar surface area (TPSA) is 34.2 Å². The van der Waals surface area contributed by atoms with E-state index in [0.29, 0.717) is 0 Å². The number of pyridine rings is 1. The molecule has 2 rings (SSSR count). The minimum Gasteiger partial charge on any atom is -0.496 e. The van der Waals surface area contributed by atoms with E-state index in [4.69, 9.17) is 4.74 Å². The van der Waals surface area contributed by atoms with Crippen LogP contribution in [0.15, 0.2) is 36.5 Å². The molecule has 3 nitrogen and oxygen atoms in total. The molecule has 1 aromatic carbocycles. The van der Waals surface area contributed by atoms with E-state index in [1.807, 2.05) is 25.3 Å². The molecule has 106 valence electrons. The Balaban J connectivity index is 2.47. The molecule has 1 N–H and O–H groups in total. The van der Waals surface area contributed by atoms with E-state index < -0.39 is 0 Å². The molecule has 0 spiro atoms. The molecule has 0 radical (unpaired) electrons. The van der Waals surface area contributed by atoms with Gasteiger partial charge in [-0.3, -0.25) is 4.98 Å². The second-order valence-corrected chi connectivity index (χ2v) is 4.97. The number of methoxy groups -OCH3 is 1. The van der Waals surface area contributed by atoms with Crippen molar-refractivity contribution in [1.82, 2.24) is 10.3 Å². The van der Waals surface area contributed by atoms with E-state index in [-0.39, 0.29) is 6.04 Å². The number of nitrogens with zero attached hydrogens (tertiary/aromatic N) is 1. The number of hydrogen-bond donors (Lipinski definition) is 1. The molecule has 1 heterocycles. The number of aromatic nitrogens is 1. The summed E-state index contributed by atoms with van der Waals surface area (Å²) >= 11 is 0. The predicted molar refractivity (Wildman–Crippen MR) is 82.2 cm³/mol. The Bertz CT molecular complexity index is 564. The maximum Gasteiger partial charge on any atom is 0.124 e. The number of aryl methyl sites for hydroxylation is 2. The zero-order valence-electron chi connectivity index (χ0n) is 12.6. The van der Waals surface area contributed by atoms with Crippen molar-refractivity contribution in [1.29, 1.82) is 0 Å². The van der Waals surface area contributed by atoms with E-state index >= 15 is 0 Å². The zero-order valence-corrected chi connectivity index (χ0v) is 12.6. The van der Waals surface area contributed by atoms with Crippen LogP contribution in [0.1, 0.15) is 35.3 Å². The molecule has 0 aliphatic carbocycles. The summed E-state index contributed by atoms with van der Waals surface area (Å²) in [6, 6.07) is 10.5. The minimum absolute atomic E-state index is 0.1000. The van der Waals surface area contributed by atoms with Gasteiger partial charge < -0.3 is 10.1 Å². The van der Waals surface area contributed by atoms with Crippen molar-refractivity contribution in [3.05, 3.63) is 58.9 Å². The predicted octanol–water partition coefficient (Wildman–Crippen LogP) is 3.41. The average Bonchev–Trinajstić information content (AvgIpc) is 2.46. The molecule has 0 saturated heterocycles. The second-order valence-electron chi connectivity index (χ2n) is 4.97. The first-order chi connectivity index (χ1) is 9.65. The third-order valence-corrected chi connectivity index (χ3v) is 3.37. The smallest absolute Gasteiger partial charge is 0.124 e. The molecule has 1 aromatic heterocycles. The zero-order chi connectivity index (χ0) is 14.5. The van der Waals surface area contributed by atoms with Gasteiger partial charge in [0.1, 0.15) is 5.75 Å². The van der Waals surface area contributed by atoms with E-state index in [1.54, 1.807) is 7.11 Å². The standard InChI is InChI=1S/C17H22N2O/c1-5-18-17(14-8-7-13(3)19-11-14)15-10-12(2)6-9-16(15)20-4/h6-11,17-18H,5H2,1-4H3. The Morgan fingerprint density at radius 1 is 1.20 bits per heavy atom. The number of benzene rings is 1. The number of rotatable bonds is 5. The Morgan fingerprint density at radius 2 is 2.00 bits per heavy atom. The quantitative estimate of drug-likeness (QED) is 0.904. The summed E-state index contributed by atoms with van der Waals surface area (Å²) in [5, 5.41) is 3.52. The van der Waals surface area contributed by atoms with Crippen molar-refractivity contribution in [2.45, 2.75) is 26.8 Å². The van der Waals surface area contributed by atoms with Gasteiger partial charge in [-0.05, 0) is 38.1 Å². The van der Waals surface area contributed by atoms with Crippen LogP contribution in [0, 0.1) is 13.8 Å². The van der Waals surface area contributed by atoms with Gasteiger partial charge in [-0.15, -0.1) is 0 Å². The Morgan fingerprint density at radius 3 is 2.60 bits per heavy atom. The summed E-state index contributed by atoms with van der Waals surface area (Å²) in [6.07, 6.45) is 1.93. The summed E-state index contributed by atoms with van der Waals surface area (Å²) in [4.78, 5) is 4.40.